The van der Waals surface area contributed by atoms with Gasteiger partial charge in [0.05, 0.1) is 0 Å². The molecule has 0 saturated carbocycles. The molecule has 3 aromatic carbocycles. The summed E-state index contributed by atoms with van der Waals surface area (Å²) in [5.74, 6) is 0.907. The van der Waals surface area contributed by atoms with Crippen LogP contribution >= 0.6 is 15.9 Å². The van der Waals surface area contributed by atoms with Gasteiger partial charge < -0.3 is 9.64 Å². The number of carbonyl (C=O) groups is 1. The summed E-state index contributed by atoms with van der Waals surface area (Å²) >= 11 is 3.42. The van der Waals surface area contributed by atoms with Crippen molar-refractivity contribution in [1.82, 2.24) is 9.80 Å². The van der Waals surface area contributed by atoms with E-state index >= 15 is 0 Å². The van der Waals surface area contributed by atoms with E-state index in [2.05, 4.69) is 45.1 Å². The molecule has 1 fully saturated rings. The Bertz CT molecular complexity index is 968. The Morgan fingerprint density at radius 3 is 2.27 bits per heavy atom. The molecular weight excluding hydrogens is 440 g/mol. The summed E-state index contributed by atoms with van der Waals surface area (Å²) in [7, 11) is 0. The first-order chi connectivity index (χ1) is 14.7. The van der Waals surface area contributed by atoms with Crippen LogP contribution < -0.4 is 4.74 Å². The number of hydrogen-bond acceptors (Lipinski definition) is 3. The van der Waals surface area contributed by atoms with Crippen LogP contribution in [0.3, 0.4) is 0 Å². The smallest absolute Gasteiger partial charge is 0.253 e. The van der Waals surface area contributed by atoms with E-state index in [0.29, 0.717) is 6.61 Å². The van der Waals surface area contributed by atoms with Gasteiger partial charge in [0.1, 0.15) is 12.4 Å². The van der Waals surface area contributed by atoms with Gasteiger partial charge in [-0.05, 0) is 47.5 Å². The zero-order valence-corrected chi connectivity index (χ0v) is 18.4. The van der Waals surface area contributed by atoms with Crippen LogP contribution in [0.1, 0.15) is 21.5 Å². The maximum atomic E-state index is 13.0. The van der Waals surface area contributed by atoms with E-state index in [0.717, 1.165) is 54.1 Å². The average molecular weight is 465 g/mol. The van der Waals surface area contributed by atoms with E-state index in [1.807, 2.05) is 59.5 Å². The molecule has 0 radical (unpaired) electrons. The minimum absolute atomic E-state index is 0.0971. The highest BCUT2D eigenvalue weighted by Gasteiger charge is 2.22. The van der Waals surface area contributed by atoms with Gasteiger partial charge in [-0.2, -0.15) is 0 Å². The predicted molar refractivity (Wildman–Crippen MR) is 123 cm³/mol. The van der Waals surface area contributed by atoms with Crippen LogP contribution in [0.15, 0.2) is 83.3 Å². The number of hydrogen-bond donors (Lipinski definition) is 0. The van der Waals surface area contributed by atoms with Crippen LogP contribution in [0.2, 0.25) is 0 Å². The van der Waals surface area contributed by atoms with E-state index in [1.54, 1.807) is 0 Å². The average Bonchev–Trinajstić information content (AvgIpc) is 2.80. The van der Waals surface area contributed by atoms with Gasteiger partial charge in [-0.15, -0.1) is 0 Å². The van der Waals surface area contributed by atoms with Crippen molar-refractivity contribution in [3.8, 4) is 5.75 Å². The Morgan fingerprint density at radius 2 is 1.53 bits per heavy atom. The van der Waals surface area contributed by atoms with Crippen molar-refractivity contribution < 1.29 is 9.53 Å². The van der Waals surface area contributed by atoms with Gasteiger partial charge in [0.2, 0.25) is 0 Å². The van der Waals surface area contributed by atoms with Gasteiger partial charge in [-0.1, -0.05) is 58.4 Å². The molecular formula is C25H25BrN2O2. The van der Waals surface area contributed by atoms with Crippen LogP contribution in [0.5, 0.6) is 5.75 Å². The summed E-state index contributed by atoms with van der Waals surface area (Å²) in [6.45, 7) is 4.68. The number of piperazine rings is 1. The maximum Gasteiger partial charge on any atom is 0.253 e. The quantitative estimate of drug-likeness (QED) is 0.515. The highest BCUT2D eigenvalue weighted by molar-refractivity contribution is 9.10. The molecule has 30 heavy (non-hydrogen) atoms. The molecule has 1 heterocycles. The summed E-state index contributed by atoms with van der Waals surface area (Å²) in [6.07, 6.45) is 0. The molecule has 1 aliphatic rings. The molecule has 4 nitrogen and oxygen atoms in total. The monoisotopic (exact) mass is 464 g/mol. The van der Waals surface area contributed by atoms with E-state index in [4.69, 9.17) is 4.74 Å². The van der Waals surface area contributed by atoms with Crippen molar-refractivity contribution in [3.63, 3.8) is 0 Å². The van der Waals surface area contributed by atoms with Crippen molar-refractivity contribution in [1.29, 1.82) is 0 Å². The summed E-state index contributed by atoms with van der Waals surface area (Å²) < 4.78 is 6.87. The van der Waals surface area contributed by atoms with Gasteiger partial charge in [-0.3, -0.25) is 9.69 Å². The lowest BCUT2D eigenvalue weighted by Gasteiger charge is -2.34. The Balaban J connectivity index is 1.31. The topological polar surface area (TPSA) is 32.8 Å². The molecule has 0 bridgehead atoms. The standard InChI is InChI=1S/C25H25BrN2O2/c26-23-9-11-24(12-10-23)30-19-21-7-4-8-22(17-21)25(29)28-15-13-27(14-16-28)18-20-5-2-1-3-6-20/h1-12,17H,13-16,18-19H2. The summed E-state index contributed by atoms with van der Waals surface area (Å²) in [4.78, 5) is 17.3. The first-order valence-electron chi connectivity index (χ1n) is 10.2. The van der Waals surface area contributed by atoms with Crippen LogP contribution in [0, 0.1) is 0 Å². The molecule has 0 aliphatic carbocycles. The number of amides is 1. The molecule has 1 amide bonds. The van der Waals surface area contributed by atoms with E-state index in [9.17, 15) is 4.79 Å². The van der Waals surface area contributed by atoms with Crippen LogP contribution in [0.4, 0.5) is 0 Å². The Kier molecular flexibility index (Phi) is 6.82. The first-order valence-corrected chi connectivity index (χ1v) is 11.0. The summed E-state index contributed by atoms with van der Waals surface area (Å²) in [5, 5.41) is 0. The van der Waals surface area contributed by atoms with Crippen molar-refractivity contribution in [3.05, 3.63) is 100 Å². The molecule has 0 unspecified atom stereocenters. The van der Waals surface area contributed by atoms with Gasteiger partial charge in [0, 0.05) is 42.8 Å². The molecule has 0 atom stereocenters. The van der Waals surface area contributed by atoms with Crippen LogP contribution in [-0.2, 0) is 13.2 Å². The third-order valence-corrected chi connectivity index (χ3v) is 5.83. The molecule has 4 rings (SSSR count). The van der Waals surface area contributed by atoms with Crippen molar-refractivity contribution in [2.75, 3.05) is 26.2 Å². The number of halogens is 1. The highest BCUT2D eigenvalue weighted by atomic mass is 79.9. The number of nitrogens with zero attached hydrogens (tertiary/aromatic N) is 2. The number of carbonyl (C=O) groups excluding carboxylic acids is 1. The SMILES string of the molecule is O=C(c1cccc(COc2ccc(Br)cc2)c1)N1CCN(Cc2ccccc2)CC1. The van der Waals surface area contributed by atoms with Crippen LogP contribution in [-0.4, -0.2) is 41.9 Å². The molecule has 5 heteroatoms. The van der Waals surface area contributed by atoms with Crippen molar-refractivity contribution in [2.45, 2.75) is 13.2 Å². The zero-order chi connectivity index (χ0) is 20.8. The lowest BCUT2D eigenvalue weighted by molar-refractivity contribution is 0.0628. The second-order valence-electron chi connectivity index (χ2n) is 7.50. The largest absolute Gasteiger partial charge is 0.489 e. The molecule has 0 N–H and O–H groups in total. The summed E-state index contributed by atoms with van der Waals surface area (Å²) in [6, 6.07) is 26.0. The Hall–Kier alpha value is -2.63. The fraction of sp³-hybridized carbons (Fsp3) is 0.240. The van der Waals surface area contributed by atoms with E-state index in [-0.39, 0.29) is 5.91 Å². The van der Waals surface area contributed by atoms with Gasteiger partial charge in [-0.25, -0.2) is 0 Å². The van der Waals surface area contributed by atoms with Gasteiger partial charge in [0.25, 0.3) is 5.91 Å². The molecule has 154 valence electrons. The first kappa shape index (κ1) is 20.6. The van der Waals surface area contributed by atoms with Gasteiger partial charge >= 0.3 is 0 Å². The van der Waals surface area contributed by atoms with Crippen molar-refractivity contribution in [2.24, 2.45) is 0 Å². The molecule has 0 spiro atoms. The minimum atomic E-state index is 0.0971. The van der Waals surface area contributed by atoms with E-state index < -0.39 is 0 Å². The van der Waals surface area contributed by atoms with Gasteiger partial charge in [0.15, 0.2) is 0 Å². The van der Waals surface area contributed by atoms with E-state index in [1.165, 1.54) is 5.56 Å². The molecule has 1 aliphatic heterocycles. The number of rotatable bonds is 6. The molecule has 0 aromatic heterocycles. The predicted octanol–water partition coefficient (Wildman–Crippen LogP) is 4.99. The normalized spacial score (nSPS) is 14.5. The zero-order valence-electron chi connectivity index (χ0n) is 16.8. The summed E-state index contributed by atoms with van der Waals surface area (Å²) in [5.41, 5.74) is 3.03. The van der Waals surface area contributed by atoms with Crippen LogP contribution in [0.25, 0.3) is 0 Å². The second kappa shape index (κ2) is 9.92. The lowest BCUT2D eigenvalue weighted by atomic mass is 10.1. The molecule has 1 saturated heterocycles. The number of ether oxygens (including phenoxy) is 1. The fourth-order valence-corrected chi connectivity index (χ4v) is 3.89. The number of benzene rings is 3. The Labute approximate surface area is 186 Å². The fourth-order valence-electron chi connectivity index (χ4n) is 3.62. The lowest BCUT2D eigenvalue weighted by Crippen LogP contribution is -2.48. The second-order valence-corrected chi connectivity index (χ2v) is 8.41. The Morgan fingerprint density at radius 1 is 0.833 bits per heavy atom. The molecule has 3 aromatic rings. The highest BCUT2D eigenvalue weighted by Crippen LogP contribution is 2.18. The third-order valence-electron chi connectivity index (χ3n) is 5.30. The third kappa shape index (κ3) is 5.49. The minimum Gasteiger partial charge on any atom is -0.489 e. The maximum absolute atomic E-state index is 13.0. The van der Waals surface area contributed by atoms with Crippen molar-refractivity contribution >= 4 is 21.8 Å².